The zero-order valence-electron chi connectivity index (χ0n) is 18.3. The molecule has 0 aliphatic heterocycles. The quantitative estimate of drug-likeness (QED) is 0.386. The van der Waals surface area contributed by atoms with Crippen LogP contribution in [0.1, 0.15) is 90.9 Å². The van der Waals surface area contributed by atoms with Crippen molar-refractivity contribution in [2.75, 3.05) is 0 Å². The molecule has 0 atom stereocenters. The predicted molar refractivity (Wildman–Crippen MR) is 133 cm³/mol. The highest BCUT2D eigenvalue weighted by Crippen LogP contribution is 2.38. The maximum atomic E-state index is 11.9. The molecule has 2 saturated carbocycles. The van der Waals surface area contributed by atoms with E-state index in [9.17, 15) is 9.59 Å². The van der Waals surface area contributed by atoms with E-state index < -0.39 is 0 Å². The van der Waals surface area contributed by atoms with Crippen LogP contribution >= 0.6 is 35.3 Å². The van der Waals surface area contributed by atoms with Gasteiger partial charge in [-0.3, -0.25) is 9.59 Å². The maximum Gasteiger partial charge on any atom is 0.214 e. The Bertz CT molecular complexity index is 517. The first kappa shape index (κ1) is 25.1. The fourth-order valence-corrected chi connectivity index (χ4v) is 8.06. The van der Waals surface area contributed by atoms with Crippen LogP contribution in [-0.2, 0) is 9.59 Å². The Morgan fingerprint density at radius 3 is 1.14 bits per heavy atom. The lowest BCUT2D eigenvalue weighted by molar-refractivity contribution is -0.108. The maximum absolute atomic E-state index is 11.9. The van der Waals surface area contributed by atoms with Crippen LogP contribution in [0.15, 0.2) is 24.3 Å². The van der Waals surface area contributed by atoms with Crippen molar-refractivity contribution in [3.05, 3.63) is 24.3 Å². The standard InChI is InChI=1S/C24H38O2S3/c1-17(2)23(25)28-21-13-5-9-19(10-6-14-21)27-20-11-7-15-22(16-8-12-20)29-24(26)18(3)4/h19-22H,1,3,5-16H2,2,4H3. The van der Waals surface area contributed by atoms with Crippen molar-refractivity contribution in [1.82, 2.24) is 0 Å². The molecule has 2 fully saturated rings. The summed E-state index contributed by atoms with van der Waals surface area (Å²) in [6.45, 7) is 11.2. The van der Waals surface area contributed by atoms with Crippen LogP contribution in [0.2, 0.25) is 0 Å². The van der Waals surface area contributed by atoms with E-state index in [1.165, 1.54) is 101 Å². The highest BCUT2D eigenvalue weighted by molar-refractivity contribution is 8.14. The molecular formula is C24H38O2S3. The summed E-state index contributed by atoms with van der Waals surface area (Å²) in [5.41, 5.74) is 1.36. The predicted octanol–water partition coefficient (Wildman–Crippen LogP) is 7.57. The molecule has 2 rings (SSSR count). The Morgan fingerprint density at radius 1 is 0.586 bits per heavy atom. The lowest BCUT2D eigenvalue weighted by atomic mass is 9.99. The smallest absolute Gasteiger partial charge is 0.214 e. The summed E-state index contributed by atoms with van der Waals surface area (Å²) in [4.78, 5) is 23.9. The normalized spacial score (nSPS) is 29.0. The largest absolute Gasteiger partial charge is 0.282 e. The van der Waals surface area contributed by atoms with Crippen molar-refractivity contribution < 1.29 is 9.59 Å². The number of hydrogen-bond donors (Lipinski definition) is 0. The summed E-state index contributed by atoms with van der Waals surface area (Å²) < 4.78 is 0. The summed E-state index contributed by atoms with van der Waals surface area (Å²) in [6, 6.07) is 0. The van der Waals surface area contributed by atoms with E-state index in [0.717, 1.165) is 10.5 Å². The molecule has 0 unspecified atom stereocenters. The highest BCUT2D eigenvalue weighted by atomic mass is 32.2. The van der Waals surface area contributed by atoms with E-state index in [4.69, 9.17) is 0 Å². The number of rotatable bonds is 6. The fraction of sp³-hybridized carbons (Fsp3) is 0.750. The van der Waals surface area contributed by atoms with Gasteiger partial charge in [0.2, 0.25) is 10.2 Å². The molecule has 29 heavy (non-hydrogen) atoms. The van der Waals surface area contributed by atoms with Crippen LogP contribution in [0.5, 0.6) is 0 Å². The zero-order chi connectivity index (χ0) is 21.2. The summed E-state index contributed by atoms with van der Waals surface area (Å²) in [5, 5.41) is 2.91. The highest BCUT2D eigenvalue weighted by Gasteiger charge is 2.24. The monoisotopic (exact) mass is 454 g/mol. The number of hydrogen-bond acceptors (Lipinski definition) is 5. The van der Waals surface area contributed by atoms with Crippen LogP contribution in [0.25, 0.3) is 0 Å². The number of thioether (sulfide) groups is 3. The van der Waals surface area contributed by atoms with Gasteiger partial charge in [0.25, 0.3) is 0 Å². The van der Waals surface area contributed by atoms with Gasteiger partial charge < -0.3 is 0 Å². The van der Waals surface area contributed by atoms with Gasteiger partial charge >= 0.3 is 0 Å². The molecule has 0 radical (unpaired) electrons. The van der Waals surface area contributed by atoms with E-state index in [0.29, 0.717) is 21.6 Å². The molecule has 2 nitrogen and oxygen atoms in total. The van der Waals surface area contributed by atoms with E-state index in [-0.39, 0.29) is 10.2 Å². The summed E-state index contributed by atoms with van der Waals surface area (Å²) in [7, 11) is 0. The van der Waals surface area contributed by atoms with Gasteiger partial charge in [-0.2, -0.15) is 11.8 Å². The molecule has 0 saturated heterocycles. The minimum absolute atomic E-state index is 0.178. The molecule has 0 aromatic carbocycles. The molecule has 0 amide bonds. The Kier molecular flexibility index (Phi) is 11.5. The third-order valence-electron chi connectivity index (χ3n) is 5.84. The van der Waals surface area contributed by atoms with E-state index in [1.807, 2.05) is 13.8 Å². The average molecular weight is 455 g/mol. The summed E-state index contributed by atoms with van der Waals surface area (Å²) in [6.07, 6.45) is 14.8. The van der Waals surface area contributed by atoms with Gasteiger partial charge in [0.1, 0.15) is 0 Å². The topological polar surface area (TPSA) is 34.1 Å². The third kappa shape index (κ3) is 9.69. The van der Waals surface area contributed by atoms with Crippen molar-refractivity contribution >= 4 is 45.5 Å². The zero-order valence-corrected chi connectivity index (χ0v) is 20.7. The molecule has 0 spiro atoms. The van der Waals surface area contributed by atoms with Crippen LogP contribution in [0.3, 0.4) is 0 Å². The Hall–Kier alpha value is -0.130. The van der Waals surface area contributed by atoms with Crippen LogP contribution < -0.4 is 0 Å². The first-order valence-electron chi connectivity index (χ1n) is 11.2. The molecule has 0 heterocycles. The van der Waals surface area contributed by atoms with Gasteiger partial charge in [0, 0.05) is 21.0 Å². The van der Waals surface area contributed by atoms with Crippen LogP contribution in [0.4, 0.5) is 0 Å². The van der Waals surface area contributed by atoms with Gasteiger partial charge in [-0.25, -0.2) is 0 Å². The van der Waals surface area contributed by atoms with Crippen LogP contribution in [0, 0.1) is 0 Å². The summed E-state index contributed by atoms with van der Waals surface area (Å²) >= 11 is 5.30. The summed E-state index contributed by atoms with van der Waals surface area (Å²) in [5.74, 6) is 0. The second-order valence-electron chi connectivity index (χ2n) is 8.72. The van der Waals surface area contributed by atoms with Crippen molar-refractivity contribution in [2.24, 2.45) is 0 Å². The minimum atomic E-state index is 0.178. The molecule has 0 bridgehead atoms. The van der Waals surface area contributed by atoms with Gasteiger partial charge in [0.05, 0.1) is 0 Å². The molecule has 0 N–H and O–H groups in total. The van der Waals surface area contributed by atoms with E-state index >= 15 is 0 Å². The number of carbonyl (C=O) groups is 2. The molecular weight excluding hydrogens is 416 g/mol. The van der Waals surface area contributed by atoms with Gasteiger partial charge in [-0.15, -0.1) is 0 Å². The molecule has 0 aromatic rings. The molecule has 2 aliphatic carbocycles. The van der Waals surface area contributed by atoms with Gasteiger partial charge in [-0.05, 0) is 76.4 Å². The van der Waals surface area contributed by atoms with Crippen molar-refractivity contribution in [3.8, 4) is 0 Å². The Labute approximate surface area is 190 Å². The fourth-order valence-electron chi connectivity index (χ4n) is 4.15. The molecule has 2 aliphatic rings. The lowest BCUT2D eigenvalue weighted by Crippen LogP contribution is -2.19. The lowest BCUT2D eigenvalue weighted by Gasteiger charge is -2.29. The second-order valence-corrected chi connectivity index (χ2v) is 12.9. The van der Waals surface area contributed by atoms with Crippen LogP contribution in [-0.4, -0.2) is 31.2 Å². The van der Waals surface area contributed by atoms with Gasteiger partial charge in [-0.1, -0.05) is 62.4 Å². The minimum Gasteiger partial charge on any atom is -0.282 e. The third-order valence-corrected chi connectivity index (χ3v) is 10.3. The van der Waals surface area contributed by atoms with E-state index in [1.54, 1.807) is 0 Å². The molecule has 0 aromatic heterocycles. The van der Waals surface area contributed by atoms with Gasteiger partial charge in [0.15, 0.2) is 0 Å². The SMILES string of the molecule is C=C(C)C(=O)SC1CCCC(SC2CCCC(SC(=O)C(=C)C)CCC2)CCC1. The molecule has 5 heteroatoms. The molecule has 164 valence electrons. The first-order valence-corrected chi connectivity index (χ1v) is 13.9. The average Bonchev–Trinajstić information content (AvgIpc) is 2.62. The van der Waals surface area contributed by atoms with Crippen molar-refractivity contribution in [2.45, 2.75) is 112 Å². The Balaban J connectivity index is 1.70. The van der Waals surface area contributed by atoms with Crippen molar-refractivity contribution in [3.63, 3.8) is 0 Å². The first-order chi connectivity index (χ1) is 13.8. The van der Waals surface area contributed by atoms with E-state index in [2.05, 4.69) is 24.9 Å². The number of carbonyl (C=O) groups excluding carboxylic acids is 2. The Morgan fingerprint density at radius 2 is 0.862 bits per heavy atom. The van der Waals surface area contributed by atoms with Crippen molar-refractivity contribution in [1.29, 1.82) is 0 Å². The second kappa shape index (κ2) is 13.3.